The van der Waals surface area contributed by atoms with Crippen LogP contribution in [0.15, 0.2) is 111 Å². The molecule has 2 bridgehead atoms. The third kappa shape index (κ3) is 7.80. The largest absolute Gasteiger partial charge is 0.508 e. The van der Waals surface area contributed by atoms with E-state index in [-0.39, 0.29) is 47.7 Å². The number of nitrogens with two attached hydrogens (primary N) is 1. The van der Waals surface area contributed by atoms with Gasteiger partial charge < -0.3 is 70.0 Å². The van der Waals surface area contributed by atoms with Crippen LogP contribution in [0.1, 0.15) is 41.3 Å². The van der Waals surface area contributed by atoms with Crippen molar-refractivity contribution in [1.29, 1.82) is 0 Å². The molecule has 354 valence electrons. The molecule has 10 rings (SSSR count). The predicted molar refractivity (Wildman–Crippen MR) is 247 cm³/mol. The average Bonchev–Trinajstić information content (AvgIpc) is 3.96. The molecule has 2 saturated heterocycles. The molecule has 4 heterocycles. The summed E-state index contributed by atoms with van der Waals surface area (Å²) in [5, 5.41) is 78.1. The number of nitrogen functional groups attached to an aromatic ring is 1. The summed E-state index contributed by atoms with van der Waals surface area (Å²) in [6.07, 6.45) is -4.36. The van der Waals surface area contributed by atoms with Crippen molar-refractivity contribution >= 4 is 22.8 Å². The smallest absolute Gasteiger partial charge is 0.336 e. The number of H-pyrrole nitrogens is 1. The van der Waals surface area contributed by atoms with Crippen molar-refractivity contribution < 1.29 is 58.8 Å². The Bertz CT molecular complexity index is 3000. The van der Waals surface area contributed by atoms with Gasteiger partial charge in [-0.25, -0.2) is 4.79 Å². The Hall–Kier alpha value is -6.86. The topological polar surface area (TPSA) is 271 Å². The first-order valence-electron chi connectivity index (χ1n) is 22.6. The summed E-state index contributed by atoms with van der Waals surface area (Å²) < 4.78 is 31.2. The first kappa shape index (κ1) is 44.9. The number of aryl methyl sites for hydroxylation is 2. The van der Waals surface area contributed by atoms with Gasteiger partial charge in [-0.2, -0.15) is 0 Å². The number of aliphatic carboxylic acids is 1. The second-order valence-corrected chi connectivity index (χ2v) is 17.9. The zero-order chi connectivity index (χ0) is 47.5. The summed E-state index contributed by atoms with van der Waals surface area (Å²) in [5.74, 6) is -2.92. The maximum absolute atomic E-state index is 14.0. The highest BCUT2D eigenvalue weighted by atomic mass is 16.7. The number of anilines is 1. The molecule has 17 heteroatoms. The van der Waals surface area contributed by atoms with Crippen LogP contribution < -0.4 is 36.0 Å². The molecule has 7 atom stereocenters. The average molecular weight is 929 g/mol. The van der Waals surface area contributed by atoms with Crippen molar-refractivity contribution in [3.05, 3.63) is 140 Å². The molecule has 11 N–H and O–H groups in total. The SMILES string of the molecule is CCc1cc(O)cc(COc2c(O[C@@H]3O[C@H](C(=O)O)[C@@]4(O)[C@H]([C@@H]5CNCN5)C5=C(CCc6ccccc6C5)[C@@]3(O)[C@@H]4O)cc3oc(-c4ccc(OCCc5ccc(N)[nH]5)cc4)cc(=O)c3c2O)c1. The number of fused-ring (bicyclic) bond motifs is 5. The van der Waals surface area contributed by atoms with E-state index in [2.05, 4.69) is 15.6 Å². The van der Waals surface area contributed by atoms with E-state index in [0.29, 0.717) is 72.9 Å². The number of hydrogen-bond acceptors (Lipinski definition) is 15. The molecule has 68 heavy (non-hydrogen) atoms. The van der Waals surface area contributed by atoms with Crippen LogP contribution in [-0.2, 0) is 41.8 Å². The minimum absolute atomic E-state index is 0.0232. The van der Waals surface area contributed by atoms with E-state index >= 15 is 0 Å². The minimum atomic E-state index is -2.58. The summed E-state index contributed by atoms with van der Waals surface area (Å²) in [6, 6.07) is 25.0. The first-order chi connectivity index (χ1) is 32.8. The van der Waals surface area contributed by atoms with Crippen molar-refractivity contribution in [1.82, 2.24) is 15.6 Å². The highest BCUT2D eigenvalue weighted by Gasteiger charge is 2.73. The fourth-order valence-corrected chi connectivity index (χ4v) is 10.6. The van der Waals surface area contributed by atoms with Crippen LogP contribution in [0, 0.1) is 5.92 Å². The summed E-state index contributed by atoms with van der Waals surface area (Å²) >= 11 is 0. The van der Waals surface area contributed by atoms with Crippen LogP contribution in [0.4, 0.5) is 5.82 Å². The Morgan fingerprint density at radius 3 is 2.44 bits per heavy atom. The number of rotatable bonds is 13. The van der Waals surface area contributed by atoms with Crippen molar-refractivity contribution in [3.8, 4) is 40.1 Å². The second kappa shape index (κ2) is 17.7. The van der Waals surface area contributed by atoms with E-state index < -0.39 is 64.6 Å². The van der Waals surface area contributed by atoms with Crippen molar-refractivity contribution in [2.24, 2.45) is 5.92 Å². The van der Waals surface area contributed by atoms with E-state index in [1.165, 1.54) is 18.2 Å². The Balaban J connectivity index is 1.07. The first-order valence-corrected chi connectivity index (χ1v) is 22.6. The second-order valence-electron chi connectivity index (χ2n) is 17.9. The number of aliphatic hydroxyl groups excluding tert-OH is 1. The molecule has 0 amide bonds. The van der Waals surface area contributed by atoms with Gasteiger partial charge in [-0.1, -0.05) is 42.8 Å². The number of carbonyl (C=O) groups is 1. The summed E-state index contributed by atoms with van der Waals surface area (Å²) in [7, 11) is 0. The Morgan fingerprint density at radius 2 is 1.72 bits per heavy atom. The number of carboxylic acid groups (broad SMARTS) is 1. The molecule has 2 aliphatic heterocycles. The standard InChI is InChI=1S/C51H52N4O13/c1-2-26-17-27(19-32(56)18-26)24-65-45-40(22-39-42(44(45)58)37(57)21-38(66-39)29-7-11-33(12-8-29)64-16-15-31-10-14-41(52)55-31)67-49-50(62)35-13-9-28-5-3-4-6-30(28)20-34(35)43(36-23-53-25-54-36)51(63,48(50)61)46(68-49)47(59)60/h3-8,10-12,14,17-19,21-22,36,43,46,48-49,53-56,58,61-63H,2,9,13,15-16,20,23-25,52H2,1H3,(H,59,60)/t36-,43-,46+,48-,49+,50+,51-/m0/s1. The zero-order valence-corrected chi connectivity index (χ0v) is 37.0. The lowest BCUT2D eigenvalue weighted by Crippen LogP contribution is -2.81. The molecule has 6 aromatic rings. The van der Waals surface area contributed by atoms with E-state index in [1.54, 1.807) is 42.5 Å². The Kier molecular flexibility index (Phi) is 11.7. The number of aromatic amines is 1. The van der Waals surface area contributed by atoms with Gasteiger partial charge in [0, 0.05) is 55.0 Å². The number of aromatic hydroxyl groups is 2. The third-order valence-electron chi connectivity index (χ3n) is 13.8. The third-order valence-corrected chi connectivity index (χ3v) is 13.8. The van der Waals surface area contributed by atoms with E-state index in [1.807, 2.05) is 37.3 Å². The van der Waals surface area contributed by atoms with Crippen LogP contribution in [0.3, 0.4) is 0 Å². The predicted octanol–water partition coefficient (Wildman–Crippen LogP) is 4.19. The number of benzene rings is 4. The molecule has 17 nitrogen and oxygen atoms in total. The van der Waals surface area contributed by atoms with Crippen LogP contribution in [-0.4, -0.2) is 97.2 Å². The van der Waals surface area contributed by atoms with Crippen molar-refractivity contribution in [2.45, 2.75) is 81.4 Å². The van der Waals surface area contributed by atoms with Crippen LogP contribution in [0.25, 0.3) is 22.3 Å². The van der Waals surface area contributed by atoms with Gasteiger partial charge >= 0.3 is 5.97 Å². The highest BCUT2D eigenvalue weighted by molar-refractivity contribution is 5.89. The summed E-state index contributed by atoms with van der Waals surface area (Å²) in [4.78, 5) is 30.4. The molecule has 4 aliphatic rings. The summed E-state index contributed by atoms with van der Waals surface area (Å²) in [5.41, 5.74) is 5.25. The molecular weight excluding hydrogens is 877 g/mol. The van der Waals surface area contributed by atoms with E-state index in [9.17, 15) is 40.2 Å². The number of ether oxygens (including phenoxy) is 4. The number of phenols is 2. The van der Waals surface area contributed by atoms with Crippen LogP contribution in [0.5, 0.6) is 28.7 Å². The maximum Gasteiger partial charge on any atom is 0.336 e. The molecule has 0 radical (unpaired) electrons. The maximum atomic E-state index is 14.0. The van der Waals surface area contributed by atoms with Gasteiger partial charge in [-0.05, 0) is 102 Å². The van der Waals surface area contributed by atoms with E-state index in [4.69, 9.17) is 29.1 Å². The number of aromatic nitrogens is 1. The van der Waals surface area contributed by atoms with Crippen LogP contribution in [0.2, 0.25) is 0 Å². The fraction of sp³-hybridized carbons (Fsp3) is 0.333. The van der Waals surface area contributed by atoms with E-state index in [0.717, 1.165) is 22.4 Å². The lowest BCUT2D eigenvalue weighted by atomic mass is 9.56. The van der Waals surface area contributed by atoms with Gasteiger partial charge in [0.25, 0.3) is 0 Å². The van der Waals surface area contributed by atoms with Gasteiger partial charge in [0.2, 0.25) is 12.0 Å². The lowest BCUT2D eigenvalue weighted by Gasteiger charge is -2.60. The monoisotopic (exact) mass is 928 g/mol. The van der Waals surface area contributed by atoms with Gasteiger partial charge in [-0.15, -0.1) is 0 Å². The number of carboxylic acids is 1. The Morgan fingerprint density at radius 1 is 0.941 bits per heavy atom. The van der Waals surface area contributed by atoms with Crippen molar-refractivity contribution in [3.63, 3.8) is 0 Å². The molecule has 2 aliphatic carbocycles. The molecule has 0 spiro atoms. The Labute approximate surface area is 389 Å². The van der Waals surface area contributed by atoms with Gasteiger partial charge in [0.05, 0.1) is 6.61 Å². The minimum Gasteiger partial charge on any atom is -0.508 e. The molecule has 2 aromatic heterocycles. The fourth-order valence-electron chi connectivity index (χ4n) is 10.6. The molecule has 0 unspecified atom stereocenters. The normalized spacial score (nSPS) is 25.4. The number of aliphatic hydroxyl groups is 3. The van der Waals surface area contributed by atoms with Gasteiger partial charge in [0.15, 0.2) is 28.6 Å². The molecular formula is C51H52N4O13. The number of nitrogens with one attached hydrogen (secondary N) is 3. The van der Waals surface area contributed by atoms with Gasteiger partial charge in [-0.3, -0.25) is 10.1 Å². The molecule has 4 aromatic carbocycles. The zero-order valence-electron chi connectivity index (χ0n) is 37.0. The lowest BCUT2D eigenvalue weighted by molar-refractivity contribution is -0.348. The summed E-state index contributed by atoms with van der Waals surface area (Å²) in [6.45, 7) is 2.71. The number of hydrogen-bond donors (Lipinski definition) is 10. The molecule has 0 saturated carbocycles. The quantitative estimate of drug-likeness (QED) is 0.0728. The number of phenolic OH excluding ortho intramolecular Hbond substituents is 2. The molecule has 2 fully saturated rings. The highest BCUT2D eigenvalue weighted by Crippen LogP contribution is 2.56. The van der Waals surface area contributed by atoms with Crippen molar-refractivity contribution in [2.75, 3.05) is 25.6 Å². The van der Waals surface area contributed by atoms with Gasteiger partial charge in [0.1, 0.15) is 52.4 Å². The van der Waals surface area contributed by atoms with Crippen LogP contribution >= 0.6 is 0 Å².